The lowest BCUT2D eigenvalue weighted by Crippen LogP contribution is -2.23. The van der Waals surface area contributed by atoms with Crippen molar-refractivity contribution in [3.63, 3.8) is 0 Å². The van der Waals surface area contributed by atoms with Gasteiger partial charge in [-0.2, -0.15) is 26.3 Å². The maximum Gasteiger partial charge on any atom is 0.416 e. The number of aromatic carboxylic acids is 1. The molecule has 0 atom stereocenters. The van der Waals surface area contributed by atoms with Crippen molar-refractivity contribution in [2.45, 2.75) is 25.4 Å². The summed E-state index contributed by atoms with van der Waals surface area (Å²) in [5.74, 6) is -1.59. The van der Waals surface area contributed by atoms with Crippen molar-refractivity contribution in [3.05, 3.63) is 131 Å². The number of halogens is 6. The van der Waals surface area contributed by atoms with Crippen molar-refractivity contribution >= 4 is 22.8 Å². The highest BCUT2D eigenvalue weighted by Crippen LogP contribution is 2.36. The lowest BCUT2D eigenvalue weighted by atomic mass is 9.97. The summed E-state index contributed by atoms with van der Waals surface area (Å²) in [5, 5.41) is 12.3. The first-order valence-corrected chi connectivity index (χ1v) is 12.9. The molecule has 0 spiro atoms. The molecule has 0 bridgehead atoms. The van der Waals surface area contributed by atoms with Crippen molar-refractivity contribution in [1.29, 1.82) is 0 Å². The maximum atomic E-state index is 13.4. The quantitative estimate of drug-likeness (QED) is 0.187. The molecule has 1 aromatic heterocycles. The summed E-state index contributed by atoms with van der Waals surface area (Å²) in [7, 11) is 0. The van der Waals surface area contributed by atoms with E-state index in [1.165, 1.54) is 42.5 Å². The van der Waals surface area contributed by atoms with E-state index in [0.29, 0.717) is 27.6 Å². The highest BCUT2D eigenvalue weighted by atomic mass is 19.4. The summed E-state index contributed by atoms with van der Waals surface area (Å²) in [4.78, 5) is 24.5. The molecule has 11 heteroatoms. The van der Waals surface area contributed by atoms with Gasteiger partial charge in [0, 0.05) is 24.7 Å². The topological polar surface area (TPSA) is 71.3 Å². The molecule has 0 saturated heterocycles. The van der Waals surface area contributed by atoms with Crippen LogP contribution in [0.5, 0.6) is 0 Å². The molecule has 43 heavy (non-hydrogen) atoms. The number of nitrogens with one attached hydrogen (secondary N) is 1. The third-order valence-corrected chi connectivity index (χ3v) is 6.96. The fraction of sp³-hybridized carbons (Fsp3) is 0.125. The van der Waals surface area contributed by atoms with E-state index in [4.69, 9.17) is 5.11 Å². The molecule has 0 fully saturated rings. The van der Waals surface area contributed by atoms with Crippen molar-refractivity contribution in [2.75, 3.05) is 0 Å². The fourth-order valence-electron chi connectivity index (χ4n) is 4.79. The Hall–Kier alpha value is -5.06. The van der Waals surface area contributed by atoms with E-state index in [1.54, 1.807) is 35.0 Å². The SMILES string of the molecule is O=C(O)c1ccc(CNC(=O)c2ccc(-c3cccc(C(F)(F)F)c3)c3ccn(Cc4ccc(C(F)(F)F)cc4)c23)cc1. The highest BCUT2D eigenvalue weighted by molar-refractivity contribution is 6.10. The first kappa shape index (κ1) is 29.4. The van der Waals surface area contributed by atoms with E-state index in [0.717, 1.165) is 24.3 Å². The van der Waals surface area contributed by atoms with Gasteiger partial charge in [-0.25, -0.2) is 4.79 Å². The minimum absolute atomic E-state index is 0.0647. The Bertz CT molecular complexity index is 1800. The van der Waals surface area contributed by atoms with Crippen molar-refractivity contribution in [1.82, 2.24) is 9.88 Å². The Kier molecular flexibility index (Phi) is 7.74. The number of benzene rings is 4. The third-order valence-electron chi connectivity index (χ3n) is 6.96. The van der Waals surface area contributed by atoms with Gasteiger partial charge in [-0.05, 0) is 70.8 Å². The number of carboxylic acid groups (broad SMARTS) is 1. The van der Waals surface area contributed by atoms with Crippen molar-refractivity contribution < 1.29 is 41.0 Å². The predicted octanol–water partition coefficient (Wildman–Crippen LogP) is 8.02. The number of fused-ring (bicyclic) bond motifs is 1. The zero-order chi connectivity index (χ0) is 30.9. The second-order valence-corrected chi connectivity index (χ2v) is 9.82. The van der Waals surface area contributed by atoms with Crippen LogP contribution >= 0.6 is 0 Å². The molecule has 0 unspecified atom stereocenters. The van der Waals surface area contributed by atoms with Gasteiger partial charge in [-0.3, -0.25) is 4.79 Å². The fourth-order valence-corrected chi connectivity index (χ4v) is 4.79. The molecule has 0 aliphatic carbocycles. The van der Waals surface area contributed by atoms with E-state index in [-0.39, 0.29) is 29.8 Å². The number of carbonyl (C=O) groups is 2. The van der Waals surface area contributed by atoms with Gasteiger partial charge in [0.2, 0.25) is 0 Å². The molecule has 0 aliphatic heterocycles. The molecule has 4 aromatic carbocycles. The van der Waals surface area contributed by atoms with Gasteiger partial charge < -0.3 is 15.0 Å². The third kappa shape index (κ3) is 6.40. The second kappa shape index (κ2) is 11.3. The molecule has 0 aliphatic rings. The van der Waals surface area contributed by atoms with Gasteiger partial charge in [0.15, 0.2) is 0 Å². The van der Waals surface area contributed by atoms with E-state index >= 15 is 0 Å². The average Bonchev–Trinajstić information content (AvgIpc) is 3.38. The first-order valence-electron chi connectivity index (χ1n) is 12.9. The Morgan fingerprint density at radius 2 is 1.40 bits per heavy atom. The van der Waals surface area contributed by atoms with Crippen LogP contribution in [0.2, 0.25) is 0 Å². The second-order valence-electron chi connectivity index (χ2n) is 9.82. The summed E-state index contributed by atoms with van der Waals surface area (Å²) >= 11 is 0. The van der Waals surface area contributed by atoms with E-state index in [9.17, 15) is 35.9 Å². The van der Waals surface area contributed by atoms with Gasteiger partial charge in [0.1, 0.15) is 0 Å². The Balaban J connectivity index is 1.54. The Morgan fingerprint density at radius 1 is 0.744 bits per heavy atom. The van der Waals surface area contributed by atoms with Gasteiger partial charge in [0.25, 0.3) is 5.91 Å². The summed E-state index contributed by atoms with van der Waals surface area (Å²) in [6, 6.07) is 20.0. The van der Waals surface area contributed by atoms with E-state index < -0.39 is 35.4 Å². The van der Waals surface area contributed by atoms with Gasteiger partial charge >= 0.3 is 18.3 Å². The number of carboxylic acids is 1. The first-order chi connectivity index (χ1) is 20.3. The number of nitrogens with zero attached hydrogens (tertiary/aromatic N) is 1. The van der Waals surface area contributed by atoms with Gasteiger partial charge in [0.05, 0.1) is 27.8 Å². The van der Waals surface area contributed by atoms with E-state index in [2.05, 4.69) is 5.32 Å². The molecule has 5 aromatic rings. The lowest BCUT2D eigenvalue weighted by molar-refractivity contribution is -0.138. The zero-order valence-electron chi connectivity index (χ0n) is 22.1. The minimum Gasteiger partial charge on any atom is -0.478 e. The summed E-state index contributed by atoms with van der Waals surface area (Å²) < 4.78 is 81.2. The van der Waals surface area contributed by atoms with Crippen LogP contribution in [0.25, 0.3) is 22.0 Å². The molecule has 5 nitrogen and oxygen atoms in total. The average molecular weight is 597 g/mol. The van der Waals surface area contributed by atoms with Crippen LogP contribution in [-0.4, -0.2) is 21.6 Å². The molecule has 1 heterocycles. The minimum atomic E-state index is -4.56. The molecule has 5 rings (SSSR count). The number of carbonyl (C=O) groups excluding carboxylic acids is 1. The number of hydrogen-bond acceptors (Lipinski definition) is 2. The van der Waals surface area contributed by atoms with Crippen molar-refractivity contribution in [3.8, 4) is 11.1 Å². The number of hydrogen-bond donors (Lipinski definition) is 2. The molecule has 1 amide bonds. The van der Waals surface area contributed by atoms with Gasteiger partial charge in [-0.1, -0.05) is 42.5 Å². The molecule has 0 saturated carbocycles. The molecular weight excluding hydrogens is 574 g/mol. The Morgan fingerprint density at radius 3 is 2.02 bits per heavy atom. The number of amides is 1. The highest BCUT2D eigenvalue weighted by Gasteiger charge is 2.31. The summed E-state index contributed by atoms with van der Waals surface area (Å²) in [6.45, 7) is 0.153. The summed E-state index contributed by atoms with van der Waals surface area (Å²) in [5.41, 5.74) is 0.886. The number of rotatable bonds is 7. The maximum absolute atomic E-state index is 13.4. The van der Waals surface area contributed by atoms with Crippen LogP contribution in [0.3, 0.4) is 0 Å². The molecule has 2 N–H and O–H groups in total. The smallest absolute Gasteiger partial charge is 0.416 e. The van der Waals surface area contributed by atoms with Crippen LogP contribution < -0.4 is 5.32 Å². The van der Waals surface area contributed by atoms with Crippen LogP contribution in [0.4, 0.5) is 26.3 Å². The Labute approximate surface area is 241 Å². The summed E-state index contributed by atoms with van der Waals surface area (Å²) in [6.07, 6.45) is -7.44. The zero-order valence-corrected chi connectivity index (χ0v) is 22.1. The predicted molar refractivity (Wildman–Crippen MR) is 147 cm³/mol. The lowest BCUT2D eigenvalue weighted by Gasteiger charge is -2.15. The molecule has 220 valence electrons. The van der Waals surface area contributed by atoms with Crippen molar-refractivity contribution in [2.24, 2.45) is 0 Å². The van der Waals surface area contributed by atoms with Crippen LogP contribution in [0.15, 0.2) is 97.2 Å². The molecular formula is C32H22F6N2O3. The standard InChI is InChI=1S/C32H22F6N2O3/c33-31(34,35)23-10-6-20(7-11-23)18-40-15-14-26-25(22-2-1-3-24(16-22)32(36,37)38)12-13-27(28(26)40)29(41)39-17-19-4-8-21(9-5-19)30(42)43/h1-16H,17-18H2,(H,39,41)(H,42,43). The normalized spacial score (nSPS) is 12.0. The largest absolute Gasteiger partial charge is 0.478 e. The monoisotopic (exact) mass is 596 g/mol. The van der Waals surface area contributed by atoms with Crippen LogP contribution in [0.1, 0.15) is 43.0 Å². The number of aromatic nitrogens is 1. The van der Waals surface area contributed by atoms with Gasteiger partial charge in [-0.15, -0.1) is 0 Å². The van der Waals surface area contributed by atoms with Crippen LogP contribution in [0, 0.1) is 0 Å². The number of alkyl halides is 6. The molecule has 0 radical (unpaired) electrons. The van der Waals surface area contributed by atoms with E-state index in [1.807, 2.05) is 0 Å². The van der Waals surface area contributed by atoms with Crippen LogP contribution in [-0.2, 0) is 25.4 Å².